The van der Waals surface area contributed by atoms with E-state index in [0.29, 0.717) is 0 Å². The molecule has 1 aromatic carbocycles. The Morgan fingerprint density at radius 2 is 1.88 bits per heavy atom. The third-order valence-corrected chi connectivity index (χ3v) is 2.73. The summed E-state index contributed by atoms with van der Waals surface area (Å²) < 4.78 is 0. The first kappa shape index (κ1) is 10.6. The molecule has 1 heterocycles. The van der Waals surface area contributed by atoms with Gasteiger partial charge in [-0.25, -0.2) is 4.98 Å². The number of nitrogens with two attached hydrogens (primary N) is 2. The molecule has 0 bridgehead atoms. The first-order valence-corrected chi connectivity index (χ1v) is 5.37. The highest BCUT2D eigenvalue weighted by molar-refractivity contribution is 5.85. The van der Waals surface area contributed by atoms with Crippen molar-refractivity contribution in [2.75, 3.05) is 11.5 Å². The number of aryl methyl sites for hydroxylation is 2. The first-order valence-electron chi connectivity index (χ1n) is 5.37. The second-order valence-electron chi connectivity index (χ2n) is 3.67. The third-order valence-electron chi connectivity index (χ3n) is 2.73. The number of benzene rings is 1. The highest BCUT2D eigenvalue weighted by atomic mass is 15.2. The number of nitrogen functional groups attached to an aromatic ring is 2. The maximum absolute atomic E-state index is 6.09. The number of hydrogen-bond donors (Lipinski definition) is 2. The average molecular weight is 217 g/mol. The van der Waals surface area contributed by atoms with Crippen LogP contribution in [0.2, 0.25) is 0 Å². The van der Waals surface area contributed by atoms with Crippen LogP contribution in [0.15, 0.2) is 6.07 Å². The van der Waals surface area contributed by atoms with Gasteiger partial charge < -0.3 is 11.5 Å². The van der Waals surface area contributed by atoms with Crippen LogP contribution in [0.1, 0.15) is 25.0 Å². The van der Waals surface area contributed by atoms with Crippen molar-refractivity contribution in [2.45, 2.75) is 26.7 Å². The van der Waals surface area contributed by atoms with Gasteiger partial charge in [-0.3, -0.25) is 0 Å². The number of rotatable bonds is 2. The standard InChI is InChI=1S/C11H15N5/c1-3-6-5-8-10(7(4-2)9(6)12)14-11(13)16-15-8/h5H,3-4,12H2,1-2H3,(H2,13,14,16). The fourth-order valence-electron chi connectivity index (χ4n) is 1.88. The van der Waals surface area contributed by atoms with Crippen LogP contribution in [-0.2, 0) is 12.8 Å². The lowest BCUT2D eigenvalue weighted by Gasteiger charge is -2.11. The molecule has 84 valence electrons. The lowest BCUT2D eigenvalue weighted by molar-refractivity contribution is 1.02. The first-order chi connectivity index (χ1) is 7.67. The van der Waals surface area contributed by atoms with Crippen LogP contribution in [0, 0.1) is 0 Å². The van der Waals surface area contributed by atoms with Crippen molar-refractivity contribution in [1.82, 2.24) is 15.2 Å². The average Bonchev–Trinajstić information content (AvgIpc) is 2.28. The summed E-state index contributed by atoms with van der Waals surface area (Å²) in [5, 5.41) is 7.81. The maximum atomic E-state index is 6.09. The van der Waals surface area contributed by atoms with Gasteiger partial charge in [-0.15, -0.1) is 10.2 Å². The molecule has 2 aromatic rings. The minimum absolute atomic E-state index is 0.186. The zero-order valence-electron chi connectivity index (χ0n) is 9.49. The monoisotopic (exact) mass is 217 g/mol. The molecule has 5 nitrogen and oxygen atoms in total. The molecule has 0 radical (unpaired) electrons. The SMILES string of the molecule is CCc1cc2nnc(N)nc2c(CC)c1N. The van der Waals surface area contributed by atoms with Gasteiger partial charge in [-0.1, -0.05) is 13.8 Å². The largest absolute Gasteiger partial charge is 0.398 e. The summed E-state index contributed by atoms with van der Waals surface area (Å²) >= 11 is 0. The van der Waals surface area contributed by atoms with E-state index in [1.54, 1.807) is 0 Å². The Kier molecular flexibility index (Phi) is 2.60. The number of nitrogens with zero attached hydrogens (tertiary/aromatic N) is 3. The second-order valence-corrected chi connectivity index (χ2v) is 3.67. The van der Waals surface area contributed by atoms with Gasteiger partial charge in [0.2, 0.25) is 5.95 Å². The van der Waals surface area contributed by atoms with Crippen LogP contribution >= 0.6 is 0 Å². The van der Waals surface area contributed by atoms with E-state index in [4.69, 9.17) is 11.5 Å². The van der Waals surface area contributed by atoms with E-state index in [2.05, 4.69) is 22.1 Å². The van der Waals surface area contributed by atoms with Crippen LogP contribution in [0.3, 0.4) is 0 Å². The number of anilines is 2. The topological polar surface area (TPSA) is 90.7 Å². The van der Waals surface area contributed by atoms with E-state index in [-0.39, 0.29) is 5.95 Å². The Morgan fingerprint density at radius 1 is 1.12 bits per heavy atom. The Hall–Kier alpha value is -1.91. The molecule has 0 saturated heterocycles. The van der Waals surface area contributed by atoms with E-state index < -0.39 is 0 Å². The van der Waals surface area contributed by atoms with Crippen molar-refractivity contribution in [3.05, 3.63) is 17.2 Å². The maximum Gasteiger partial charge on any atom is 0.240 e. The van der Waals surface area contributed by atoms with Crippen LogP contribution in [0.25, 0.3) is 11.0 Å². The smallest absolute Gasteiger partial charge is 0.240 e. The highest BCUT2D eigenvalue weighted by Gasteiger charge is 2.11. The van der Waals surface area contributed by atoms with Gasteiger partial charge in [-0.2, -0.15) is 0 Å². The molecule has 0 fully saturated rings. The molecule has 0 atom stereocenters. The van der Waals surface area contributed by atoms with E-state index in [1.165, 1.54) is 0 Å². The fourth-order valence-corrected chi connectivity index (χ4v) is 1.88. The summed E-state index contributed by atoms with van der Waals surface area (Å²) in [6, 6.07) is 1.93. The van der Waals surface area contributed by atoms with Gasteiger partial charge >= 0.3 is 0 Å². The van der Waals surface area contributed by atoms with E-state index in [0.717, 1.165) is 40.7 Å². The van der Waals surface area contributed by atoms with Gasteiger partial charge in [0.1, 0.15) is 5.52 Å². The van der Waals surface area contributed by atoms with Crippen molar-refractivity contribution >= 4 is 22.7 Å². The van der Waals surface area contributed by atoms with Crippen LogP contribution in [0.4, 0.5) is 11.6 Å². The molecule has 0 amide bonds. The molecular formula is C11H15N5. The number of hydrogen-bond acceptors (Lipinski definition) is 5. The van der Waals surface area contributed by atoms with Crippen molar-refractivity contribution in [2.24, 2.45) is 0 Å². The molecule has 0 aliphatic carbocycles. The quantitative estimate of drug-likeness (QED) is 0.740. The molecule has 0 spiro atoms. The highest BCUT2D eigenvalue weighted by Crippen LogP contribution is 2.26. The molecule has 16 heavy (non-hydrogen) atoms. The Bertz CT molecular complexity index is 535. The van der Waals surface area contributed by atoms with Crippen molar-refractivity contribution < 1.29 is 0 Å². The molecule has 1 aromatic heterocycles. The summed E-state index contributed by atoms with van der Waals surface area (Å²) in [5.74, 6) is 0.186. The molecule has 0 aliphatic heterocycles. The molecule has 0 unspecified atom stereocenters. The summed E-state index contributed by atoms with van der Waals surface area (Å²) in [5.41, 5.74) is 16.1. The zero-order chi connectivity index (χ0) is 11.7. The molecule has 5 heteroatoms. The minimum Gasteiger partial charge on any atom is -0.398 e. The van der Waals surface area contributed by atoms with E-state index in [1.807, 2.05) is 13.0 Å². The van der Waals surface area contributed by atoms with Crippen LogP contribution in [-0.4, -0.2) is 15.2 Å². The minimum atomic E-state index is 0.186. The van der Waals surface area contributed by atoms with Gasteiger partial charge in [-0.05, 0) is 24.5 Å². The summed E-state index contributed by atoms with van der Waals surface area (Å²) in [4.78, 5) is 4.21. The third kappa shape index (κ3) is 1.54. The normalized spacial score (nSPS) is 10.9. The lowest BCUT2D eigenvalue weighted by atomic mass is 10.0. The van der Waals surface area contributed by atoms with E-state index in [9.17, 15) is 0 Å². The second kappa shape index (κ2) is 3.92. The predicted molar refractivity (Wildman–Crippen MR) is 64.9 cm³/mol. The van der Waals surface area contributed by atoms with E-state index >= 15 is 0 Å². The van der Waals surface area contributed by atoms with Gasteiger partial charge in [0.15, 0.2) is 0 Å². The molecule has 2 rings (SSSR count). The zero-order valence-corrected chi connectivity index (χ0v) is 9.49. The van der Waals surface area contributed by atoms with Crippen LogP contribution < -0.4 is 11.5 Å². The van der Waals surface area contributed by atoms with Gasteiger partial charge in [0.25, 0.3) is 0 Å². The Morgan fingerprint density at radius 3 is 2.50 bits per heavy atom. The summed E-state index contributed by atoms with van der Waals surface area (Å²) in [6.07, 6.45) is 1.69. The number of aromatic nitrogens is 3. The van der Waals surface area contributed by atoms with Crippen molar-refractivity contribution in [3.63, 3.8) is 0 Å². The molecule has 0 aliphatic rings. The molecular weight excluding hydrogens is 202 g/mol. The van der Waals surface area contributed by atoms with Crippen LogP contribution in [0.5, 0.6) is 0 Å². The molecule has 4 N–H and O–H groups in total. The van der Waals surface area contributed by atoms with Crippen molar-refractivity contribution in [1.29, 1.82) is 0 Å². The van der Waals surface area contributed by atoms with Crippen molar-refractivity contribution in [3.8, 4) is 0 Å². The predicted octanol–water partition coefficient (Wildman–Crippen LogP) is 1.31. The van der Waals surface area contributed by atoms with Gasteiger partial charge in [0, 0.05) is 11.3 Å². The summed E-state index contributed by atoms with van der Waals surface area (Å²) in [7, 11) is 0. The number of fused-ring (bicyclic) bond motifs is 1. The fraction of sp³-hybridized carbons (Fsp3) is 0.364. The van der Waals surface area contributed by atoms with Gasteiger partial charge in [0.05, 0.1) is 5.52 Å². The lowest BCUT2D eigenvalue weighted by Crippen LogP contribution is -2.05. The Labute approximate surface area is 93.9 Å². The molecule has 0 saturated carbocycles. The Balaban J connectivity index is 2.84. The summed E-state index contributed by atoms with van der Waals surface area (Å²) in [6.45, 7) is 4.11.